The molecule has 0 spiro atoms. The molecule has 1 aromatic carbocycles. The first kappa shape index (κ1) is 15.4. The normalized spacial score (nSPS) is 11.0. The second-order valence-electron chi connectivity index (χ2n) is 5.44. The van der Waals surface area contributed by atoms with Crippen LogP contribution in [-0.4, -0.2) is 11.0 Å². The molecule has 0 aliphatic heterocycles. The van der Waals surface area contributed by atoms with Gasteiger partial charge in [0.15, 0.2) is 0 Å². The highest BCUT2D eigenvalue weighted by molar-refractivity contribution is 5.32. The van der Waals surface area contributed by atoms with Crippen molar-refractivity contribution in [2.75, 3.05) is 0 Å². The molecule has 21 heavy (non-hydrogen) atoms. The number of aryl methyl sites for hydroxylation is 2. The molecule has 1 aromatic heterocycles. The lowest BCUT2D eigenvalue weighted by atomic mass is 10.2. The number of hydrogen-bond acceptors (Lipinski definition) is 3. The number of halogens is 1. The minimum absolute atomic E-state index is 0.276. The van der Waals surface area contributed by atoms with Crippen LogP contribution in [0.4, 0.5) is 4.39 Å². The minimum Gasteiger partial charge on any atom is -0.439 e. The van der Waals surface area contributed by atoms with Gasteiger partial charge in [-0.1, -0.05) is 26.0 Å². The van der Waals surface area contributed by atoms with Gasteiger partial charge in [0.25, 0.3) is 0 Å². The number of nitrogens with one attached hydrogen (secondary N) is 1. The van der Waals surface area contributed by atoms with Crippen LogP contribution in [0.25, 0.3) is 0 Å². The Balaban J connectivity index is 2.10. The summed E-state index contributed by atoms with van der Waals surface area (Å²) >= 11 is 0. The number of pyridine rings is 1. The van der Waals surface area contributed by atoms with Crippen LogP contribution >= 0.6 is 0 Å². The molecule has 2 aromatic rings. The number of ether oxygens (including phenoxy) is 1. The summed E-state index contributed by atoms with van der Waals surface area (Å²) in [6, 6.07) is 9.03. The highest BCUT2D eigenvalue weighted by Crippen LogP contribution is 2.23. The minimum atomic E-state index is -0.276. The number of benzene rings is 1. The van der Waals surface area contributed by atoms with Crippen molar-refractivity contribution in [2.24, 2.45) is 0 Å². The van der Waals surface area contributed by atoms with Crippen LogP contribution in [0.3, 0.4) is 0 Å². The van der Waals surface area contributed by atoms with Gasteiger partial charge in [-0.3, -0.25) is 0 Å². The summed E-state index contributed by atoms with van der Waals surface area (Å²) in [6.07, 6.45) is 0. The van der Waals surface area contributed by atoms with Crippen molar-refractivity contribution in [2.45, 2.75) is 40.3 Å². The fourth-order valence-corrected chi connectivity index (χ4v) is 1.88. The smallest absolute Gasteiger partial charge is 0.219 e. The lowest BCUT2D eigenvalue weighted by Gasteiger charge is -2.12. The fraction of sp³-hybridized carbons (Fsp3) is 0.353. The van der Waals surface area contributed by atoms with Crippen LogP contribution in [0.2, 0.25) is 0 Å². The third-order valence-electron chi connectivity index (χ3n) is 3.24. The van der Waals surface area contributed by atoms with Gasteiger partial charge in [0, 0.05) is 30.4 Å². The molecule has 0 radical (unpaired) electrons. The van der Waals surface area contributed by atoms with E-state index in [4.69, 9.17) is 4.74 Å². The van der Waals surface area contributed by atoms with Crippen LogP contribution in [0, 0.1) is 19.7 Å². The SMILES string of the molecule is Cc1ccc(Oc2ccc(CNC(C)C)c(C)n2)cc1F. The maximum absolute atomic E-state index is 13.5. The average molecular weight is 288 g/mol. The number of aromatic nitrogens is 1. The zero-order valence-corrected chi connectivity index (χ0v) is 12.9. The monoisotopic (exact) mass is 288 g/mol. The Kier molecular flexibility index (Phi) is 4.91. The van der Waals surface area contributed by atoms with Crippen LogP contribution in [0.15, 0.2) is 30.3 Å². The van der Waals surface area contributed by atoms with Gasteiger partial charge >= 0.3 is 0 Å². The molecule has 0 aliphatic carbocycles. The second-order valence-corrected chi connectivity index (χ2v) is 5.44. The standard InChI is InChI=1S/C17H21FN2O/c1-11(2)19-10-14-6-8-17(20-13(14)4)21-15-7-5-12(3)16(18)9-15/h5-9,11,19H,10H2,1-4H3. The Morgan fingerprint density at radius 3 is 2.57 bits per heavy atom. The zero-order valence-electron chi connectivity index (χ0n) is 12.9. The van der Waals surface area contributed by atoms with E-state index >= 15 is 0 Å². The molecule has 0 atom stereocenters. The van der Waals surface area contributed by atoms with E-state index in [0.717, 1.165) is 17.8 Å². The van der Waals surface area contributed by atoms with Crippen molar-refractivity contribution in [3.8, 4) is 11.6 Å². The predicted molar refractivity (Wildman–Crippen MR) is 82.2 cm³/mol. The molecular weight excluding hydrogens is 267 g/mol. The summed E-state index contributed by atoms with van der Waals surface area (Å²) in [5, 5.41) is 3.36. The number of rotatable bonds is 5. The van der Waals surface area contributed by atoms with E-state index in [2.05, 4.69) is 24.1 Å². The average Bonchev–Trinajstić information content (AvgIpc) is 2.42. The Hall–Kier alpha value is -1.94. The van der Waals surface area contributed by atoms with Crippen molar-refractivity contribution in [3.05, 3.63) is 53.0 Å². The lowest BCUT2D eigenvalue weighted by molar-refractivity contribution is 0.455. The van der Waals surface area contributed by atoms with E-state index in [0.29, 0.717) is 23.2 Å². The van der Waals surface area contributed by atoms with Crippen molar-refractivity contribution in [1.29, 1.82) is 0 Å². The van der Waals surface area contributed by atoms with Gasteiger partial charge in [0.1, 0.15) is 11.6 Å². The molecule has 0 bridgehead atoms. The molecule has 0 saturated heterocycles. The molecule has 0 aliphatic rings. The van der Waals surface area contributed by atoms with Gasteiger partial charge in [0.05, 0.1) is 0 Å². The van der Waals surface area contributed by atoms with Crippen molar-refractivity contribution in [1.82, 2.24) is 10.3 Å². The second kappa shape index (κ2) is 6.68. The molecule has 0 unspecified atom stereocenters. The lowest BCUT2D eigenvalue weighted by Crippen LogP contribution is -2.22. The molecule has 3 nitrogen and oxygen atoms in total. The molecule has 1 heterocycles. The first-order valence-corrected chi connectivity index (χ1v) is 7.09. The van der Waals surface area contributed by atoms with Gasteiger partial charge in [-0.2, -0.15) is 0 Å². The Morgan fingerprint density at radius 1 is 1.19 bits per heavy atom. The topological polar surface area (TPSA) is 34.1 Å². The van der Waals surface area contributed by atoms with Crippen molar-refractivity contribution in [3.63, 3.8) is 0 Å². The number of hydrogen-bond donors (Lipinski definition) is 1. The van der Waals surface area contributed by atoms with Gasteiger partial charge in [-0.15, -0.1) is 0 Å². The molecule has 0 saturated carbocycles. The van der Waals surface area contributed by atoms with E-state index in [1.807, 2.05) is 19.1 Å². The van der Waals surface area contributed by atoms with Crippen LogP contribution in [-0.2, 0) is 6.54 Å². The van der Waals surface area contributed by atoms with Crippen molar-refractivity contribution < 1.29 is 9.13 Å². The molecular formula is C17H21FN2O. The molecule has 1 N–H and O–H groups in total. The number of nitrogens with zero attached hydrogens (tertiary/aromatic N) is 1. The Bertz CT molecular complexity index is 626. The van der Waals surface area contributed by atoms with Gasteiger partial charge in [-0.25, -0.2) is 9.37 Å². The third kappa shape index (κ3) is 4.26. The molecule has 112 valence electrons. The van der Waals surface area contributed by atoms with Gasteiger partial charge < -0.3 is 10.1 Å². The summed E-state index contributed by atoms with van der Waals surface area (Å²) < 4.78 is 19.1. The predicted octanol–water partition coefficient (Wildman–Crippen LogP) is 4.13. The van der Waals surface area contributed by atoms with Gasteiger partial charge in [-0.05, 0) is 31.0 Å². The summed E-state index contributed by atoms with van der Waals surface area (Å²) in [6.45, 7) is 8.65. The highest BCUT2D eigenvalue weighted by Gasteiger charge is 2.06. The Labute approximate surface area is 125 Å². The summed E-state index contributed by atoms with van der Waals surface area (Å²) in [7, 11) is 0. The summed E-state index contributed by atoms with van der Waals surface area (Å²) in [4.78, 5) is 4.41. The van der Waals surface area contributed by atoms with Gasteiger partial charge in [0.2, 0.25) is 5.88 Å². The summed E-state index contributed by atoms with van der Waals surface area (Å²) in [5.41, 5.74) is 2.64. The first-order valence-electron chi connectivity index (χ1n) is 7.09. The third-order valence-corrected chi connectivity index (χ3v) is 3.24. The maximum Gasteiger partial charge on any atom is 0.219 e. The van der Waals surface area contributed by atoms with E-state index in [9.17, 15) is 4.39 Å². The van der Waals surface area contributed by atoms with Crippen molar-refractivity contribution >= 4 is 0 Å². The first-order chi connectivity index (χ1) is 9.95. The molecule has 0 fully saturated rings. The fourth-order valence-electron chi connectivity index (χ4n) is 1.88. The zero-order chi connectivity index (χ0) is 15.4. The van der Waals surface area contributed by atoms with Crippen LogP contribution in [0.1, 0.15) is 30.7 Å². The van der Waals surface area contributed by atoms with Crippen LogP contribution < -0.4 is 10.1 Å². The van der Waals surface area contributed by atoms with E-state index in [1.165, 1.54) is 6.07 Å². The molecule has 0 amide bonds. The van der Waals surface area contributed by atoms with E-state index < -0.39 is 0 Å². The van der Waals surface area contributed by atoms with E-state index in [1.54, 1.807) is 19.1 Å². The van der Waals surface area contributed by atoms with Crippen LogP contribution in [0.5, 0.6) is 11.6 Å². The van der Waals surface area contributed by atoms with E-state index in [-0.39, 0.29) is 5.82 Å². The molecule has 4 heteroatoms. The Morgan fingerprint density at radius 2 is 1.95 bits per heavy atom. The maximum atomic E-state index is 13.5. The summed E-state index contributed by atoms with van der Waals surface area (Å²) in [5.74, 6) is 0.657. The largest absolute Gasteiger partial charge is 0.439 e. The molecule has 2 rings (SSSR count). The quantitative estimate of drug-likeness (QED) is 0.898. The highest BCUT2D eigenvalue weighted by atomic mass is 19.1.